The number of methoxy groups -OCH3 is 1. The Balaban J connectivity index is 1.57. The fraction of sp³-hybridized carbons (Fsp3) is 0.160. The van der Waals surface area contributed by atoms with Crippen LogP contribution in [0.15, 0.2) is 84.5 Å². The first-order chi connectivity index (χ1) is 15.6. The molecule has 162 valence electrons. The van der Waals surface area contributed by atoms with Gasteiger partial charge in [-0.25, -0.2) is 0 Å². The molecule has 4 aromatic rings. The molecule has 1 unspecified atom stereocenters. The molecule has 0 aliphatic heterocycles. The smallest absolute Gasteiger partial charge is 0.237 e. The van der Waals surface area contributed by atoms with Crippen molar-refractivity contribution in [1.29, 1.82) is 0 Å². The van der Waals surface area contributed by atoms with Crippen molar-refractivity contribution in [3.63, 3.8) is 0 Å². The second kappa shape index (κ2) is 9.70. The first-order valence-corrected chi connectivity index (χ1v) is 11.1. The van der Waals surface area contributed by atoms with Gasteiger partial charge in [0.15, 0.2) is 11.0 Å². The molecule has 0 bridgehead atoms. The molecule has 1 amide bonds. The number of fused-ring (bicyclic) bond motifs is 1. The zero-order valence-electron chi connectivity index (χ0n) is 18.0. The summed E-state index contributed by atoms with van der Waals surface area (Å²) in [4.78, 5) is 13.0. The summed E-state index contributed by atoms with van der Waals surface area (Å²) in [5, 5.41) is 14.1. The molecule has 4 rings (SSSR count). The summed E-state index contributed by atoms with van der Waals surface area (Å²) in [6.45, 7) is 6.23. The Labute approximate surface area is 191 Å². The number of carbonyl (C=O) groups excluding carboxylic acids is 1. The van der Waals surface area contributed by atoms with E-state index in [1.165, 1.54) is 11.8 Å². The Morgan fingerprint density at radius 2 is 1.88 bits per heavy atom. The van der Waals surface area contributed by atoms with Gasteiger partial charge in [-0.15, -0.1) is 16.8 Å². The highest BCUT2D eigenvalue weighted by Crippen LogP contribution is 2.32. The second-order valence-electron chi connectivity index (χ2n) is 7.18. The largest absolute Gasteiger partial charge is 0.496 e. The van der Waals surface area contributed by atoms with E-state index in [1.807, 2.05) is 78.2 Å². The van der Waals surface area contributed by atoms with Gasteiger partial charge < -0.3 is 10.1 Å². The number of rotatable bonds is 8. The maximum Gasteiger partial charge on any atom is 0.237 e. The van der Waals surface area contributed by atoms with Crippen LogP contribution in [0.1, 0.15) is 6.92 Å². The molecule has 1 N–H and O–H groups in total. The van der Waals surface area contributed by atoms with E-state index in [2.05, 4.69) is 22.1 Å². The number of benzene rings is 3. The molecule has 0 spiro atoms. The average Bonchev–Trinajstić information content (AvgIpc) is 3.21. The normalized spacial score (nSPS) is 11.8. The number of carbonyl (C=O) groups is 1. The van der Waals surface area contributed by atoms with Crippen molar-refractivity contribution in [2.75, 3.05) is 12.4 Å². The standard InChI is InChI=1S/C25H24N4O2S/c1-4-16-29-23(20-13-7-8-15-22(20)31-3)27-28-25(29)32-17(2)24(30)26-21-14-9-11-18-10-5-6-12-19(18)21/h4-15,17H,1,16H2,2-3H3,(H,26,30). The van der Waals surface area contributed by atoms with Crippen LogP contribution in [0.4, 0.5) is 5.69 Å². The van der Waals surface area contributed by atoms with Crippen LogP contribution >= 0.6 is 11.8 Å². The molecule has 1 atom stereocenters. The molecule has 7 heteroatoms. The van der Waals surface area contributed by atoms with Crippen LogP contribution < -0.4 is 10.1 Å². The van der Waals surface area contributed by atoms with Crippen LogP contribution in [0.5, 0.6) is 5.75 Å². The van der Waals surface area contributed by atoms with Crippen LogP contribution in [0, 0.1) is 0 Å². The number of hydrogen-bond acceptors (Lipinski definition) is 5. The molecule has 0 aliphatic rings. The lowest BCUT2D eigenvalue weighted by molar-refractivity contribution is -0.115. The molecule has 1 aromatic heterocycles. The van der Waals surface area contributed by atoms with Gasteiger partial charge in [-0.05, 0) is 30.5 Å². The third kappa shape index (κ3) is 4.38. The lowest BCUT2D eigenvalue weighted by Crippen LogP contribution is -2.23. The summed E-state index contributed by atoms with van der Waals surface area (Å²) in [6.07, 6.45) is 1.78. The molecule has 1 heterocycles. The van der Waals surface area contributed by atoms with E-state index in [0.717, 1.165) is 22.0 Å². The van der Waals surface area contributed by atoms with Gasteiger partial charge in [0.25, 0.3) is 0 Å². The van der Waals surface area contributed by atoms with Crippen molar-refractivity contribution >= 4 is 34.1 Å². The van der Waals surface area contributed by atoms with Gasteiger partial charge in [0.2, 0.25) is 5.91 Å². The predicted octanol–water partition coefficient (Wildman–Crippen LogP) is 5.41. The lowest BCUT2D eigenvalue weighted by atomic mass is 10.1. The molecule has 0 fully saturated rings. The third-order valence-electron chi connectivity index (χ3n) is 5.08. The first kappa shape index (κ1) is 21.6. The zero-order valence-corrected chi connectivity index (χ0v) is 18.8. The fourth-order valence-electron chi connectivity index (χ4n) is 3.48. The topological polar surface area (TPSA) is 69.0 Å². The predicted molar refractivity (Wildman–Crippen MR) is 130 cm³/mol. The summed E-state index contributed by atoms with van der Waals surface area (Å²) in [6, 6.07) is 21.5. The summed E-state index contributed by atoms with van der Waals surface area (Å²) < 4.78 is 7.43. The Morgan fingerprint density at radius 3 is 2.69 bits per heavy atom. The number of anilines is 1. The monoisotopic (exact) mass is 444 g/mol. The SMILES string of the molecule is C=CCn1c(SC(C)C(=O)Nc2cccc3ccccc23)nnc1-c1ccccc1OC. The van der Waals surface area contributed by atoms with Crippen LogP contribution in [0.3, 0.4) is 0 Å². The molecule has 0 radical (unpaired) electrons. The van der Waals surface area contributed by atoms with Crippen LogP contribution in [-0.4, -0.2) is 33.0 Å². The highest BCUT2D eigenvalue weighted by Gasteiger charge is 2.22. The Morgan fingerprint density at radius 1 is 1.12 bits per heavy atom. The summed E-state index contributed by atoms with van der Waals surface area (Å²) >= 11 is 1.36. The summed E-state index contributed by atoms with van der Waals surface area (Å²) in [5.41, 5.74) is 1.63. The van der Waals surface area contributed by atoms with E-state index < -0.39 is 0 Å². The number of allylic oxidation sites excluding steroid dienone is 1. The maximum atomic E-state index is 13.0. The van der Waals surface area contributed by atoms with Crippen molar-refractivity contribution < 1.29 is 9.53 Å². The van der Waals surface area contributed by atoms with Gasteiger partial charge in [-0.2, -0.15) is 0 Å². The van der Waals surface area contributed by atoms with Gasteiger partial charge in [-0.3, -0.25) is 9.36 Å². The Bertz CT molecular complexity index is 1260. The average molecular weight is 445 g/mol. The van der Waals surface area contributed by atoms with E-state index in [1.54, 1.807) is 13.2 Å². The summed E-state index contributed by atoms with van der Waals surface area (Å²) in [5.74, 6) is 1.29. The Kier molecular flexibility index (Phi) is 6.56. The maximum absolute atomic E-state index is 13.0. The fourth-order valence-corrected chi connectivity index (χ4v) is 4.34. The van der Waals surface area contributed by atoms with Gasteiger partial charge in [0, 0.05) is 17.6 Å². The third-order valence-corrected chi connectivity index (χ3v) is 6.16. The molecule has 3 aromatic carbocycles. The lowest BCUT2D eigenvalue weighted by Gasteiger charge is -2.14. The second-order valence-corrected chi connectivity index (χ2v) is 8.49. The molecule has 32 heavy (non-hydrogen) atoms. The highest BCUT2D eigenvalue weighted by atomic mass is 32.2. The number of ether oxygens (including phenoxy) is 1. The first-order valence-electron chi connectivity index (χ1n) is 10.2. The van der Waals surface area contributed by atoms with Gasteiger partial charge in [0.1, 0.15) is 5.75 Å². The van der Waals surface area contributed by atoms with Crippen molar-refractivity contribution in [2.24, 2.45) is 0 Å². The number of para-hydroxylation sites is 1. The molecular weight excluding hydrogens is 420 g/mol. The number of nitrogens with one attached hydrogen (secondary N) is 1. The van der Waals surface area contributed by atoms with Crippen molar-refractivity contribution in [2.45, 2.75) is 23.9 Å². The zero-order chi connectivity index (χ0) is 22.5. The minimum atomic E-state index is -0.382. The van der Waals surface area contributed by atoms with E-state index in [-0.39, 0.29) is 11.2 Å². The molecular formula is C25H24N4O2S. The quantitative estimate of drug-likeness (QED) is 0.291. The minimum Gasteiger partial charge on any atom is -0.496 e. The van der Waals surface area contributed by atoms with E-state index >= 15 is 0 Å². The van der Waals surface area contributed by atoms with Gasteiger partial charge in [0.05, 0.1) is 17.9 Å². The molecule has 6 nitrogen and oxygen atoms in total. The number of aromatic nitrogens is 3. The summed E-state index contributed by atoms with van der Waals surface area (Å²) in [7, 11) is 1.63. The van der Waals surface area contributed by atoms with Crippen LogP contribution in [0.25, 0.3) is 22.2 Å². The number of amides is 1. The van der Waals surface area contributed by atoms with Gasteiger partial charge >= 0.3 is 0 Å². The van der Waals surface area contributed by atoms with Crippen molar-refractivity contribution in [3.8, 4) is 17.1 Å². The molecule has 0 saturated carbocycles. The Hall–Kier alpha value is -3.58. The van der Waals surface area contributed by atoms with E-state index in [9.17, 15) is 4.79 Å². The van der Waals surface area contributed by atoms with Gasteiger partial charge in [-0.1, -0.05) is 66.4 Å². The van der Waals surface area contributed by atoms with Crippen LogP contribution in [-0.2, 0) is 11.3 Å². The highest BCUT2D eigenvalue weighted by molar-refractivity contribution is 8.00. The number of thioether (sulfide) groups is 1. The van der Waals surface area contributed by atoms with Crippen LogP contribution in [0.2, 0.25) is 0 Å². The number of nitrogens with zero attached hydrogens (tertiary/aromatic N) is 3. The molecule has 0 saturated heterocycles. The minimum absolute atomic E-state index is 0.0988. The molecule has 0 aliphatic carbocycles. The van der Waals surface area contributed by atoms with E-state index in [4.69, 9.17) is 4.74 Å². The van der Waals surface area contributed by atoms with Crippen molar-refractivity contribution in [1.82, 2.24) is 14.8 Å². The number of hydrogen-bond donors (Lipinski definition) is 1. The van der Waals surface area contributed by atoms with E-state index in [0.29, 0.717) is 23.3 Å². The van der Waals surface area contributed by atoms with Crippen molar-refractivity contribution in [3.05, 3.63) is 79.4 Å².